The van der Waals surface area contributed by atoms with Crippen molar-refractivity contribution in [1.82, 2.24) is 20.0 Å². The molecule has 28 heavy (non-hydrogen) atoms. The van der Waals surface area contributed by atoms with E-state index in [0.29, 0.717) is 35.0 Å². The third-order valence-electron chi connectivity index (χ3n) is 4.70. The minimum absolute atomic E-state index is 0.194. The summed E-state index contributed by atoms with van der Waals surface area (Å²) in [4.78, 5) is 28.9. The minimum Gasteiger partial charge on any atom is -0.340 e. The zero-order valence-electron chi connectivity index (χ0n) is 15.9. The first-order chi connectivity index (χ1) is 13.5. The Labute approximate surface area is 173 Å². The number of rotatable bonds is 7. The quantitative estimate of drug-likeness (QED) is 0.743. The number of nitrogens with zero attached hydrogens (tertiary/aromatic N) is 4. The number of anilines is 1. The maximum atomic E-state index is 12.3. The number of amides is 2. The lowest BCUT2D eigenvalue weighted by Crippen LogP contribution is -2.48. The Balaban J connectivity index is 1.43. The van der Waals surface area contributed by atoms with Gasteiger partial charge >= 0.3 is 0 Å². The highest BCUT2D eigenvalue weighted by molar-refractivity contribution is 7.13. The number of hydrogen-bond acceptors (Lipinski definition) is 6. The Bertz CT molecular complexity index is 820. The fourth-order valence-corrected chi connectivity index (χ4v) is 4.03. The van der Waals surface area contributed by atoms with Gasteiger partial charge in [0.05, 0.1) is 0 Å². The topological polar surface area (TPSA) is 78.4 Å². The van der Waals surface area contributed by atoms with Gasteiger partial charge < -0.3 is 15.1 Å². The van der Waals surface area contributed by atoms with Crippen molar-refractivity contribution < 1.29 is 9.59 Å². The predicted octanol–water partition coefficient (Wildman–Crippen LogP) is 2.93. The predicted molar refractivity (Wildman–Crippen MR) is 111 cm³/mol. The number of carbonyl (C=O) groups excluding carboxylic acids is 2. The molecule has 1 fully saturated rings. The van der Waals surface area contributed by atoms with Gasteiger partial charge in [0.15, 0.2) is 0 Å². The summed E-state index contributed by atoms with van der Waals surface area (Å²) in [5.41, 5.74) is 0.614. The molecule has 2 heterocycles. The molecule has 1 saturated heterocycles. The average Bonchev–Trinajstić information content (AvgIpc) is 3.17. The van der Waals surface area contributed by atoms with Crippen molar-refractivity contribution in [3.05, 3.63) is 39.3 Å². The van der Waals surface area contributed by atoms with E-state index in [1.807, 2.05) is 4.90 Å². The Morgan fingerprint density at radius 2 is 2.00 bits per heavy atom. The molecule has 3 rings (SSSR count). The lowest BCUT2D eigenvalue weighted by Gasteiger charge is -2.34. The first-order valence-electron chi connectivity index (χ1n) is 9.44. The highest BCUT2D eigenvalue weighted by Gasteiger charge is 2.20. The second-order valence-electron chi connectivity index (χ2n) is 6.63. The number of piperazine rings is 1. The summed E-state index contributed by atoms with van der Waals surface area (Å²) >= 11 is 7.18. The van der Waals surface area contributed by atoms with E-state index in [1.165, 1.54) is 11.3 Å². The molecule has 2 aromatic rings. The van der Waals surface area contributed by atoms with Gasteiger partial charge in [-0.3, -0.25) is 9.59 Å². The van der Waals surface area contributed by atoms with E-state index >= 15 is 0 Å². The van der Waals surface area contributed by atoms with E-state index in [9.17, 15) is 9.59 Å². The molecule has 1 aliphatic heterocycles. The van der Waals surface area contributed by atoms with Crippen LogP contribution in [-0.4, -0.2) is 64.5 Å². The van der Waals surface area contributed by atoms with Crippen LogP contribution in [0.25, 0.3) is 0 Å². The van der Waals surface area contributed by atoms with Crippen molar-refractivity contribution in [3.63, 3.8) is 0 Å². The molecule has 0 spiro atoms. The Morgan fingerprint density at radius 1 is 1.21 bits per heavy atom. The van der Waals surface area contributed by atoms with Gasteiger partial charge in [-0.2, -0.15) is 0 Å². The summed E-state index contributed by atoms with van der Waals surface area (Å²) < 4.78 is 0. The van der Waals surface area contributed by atoms with Crippen molar-refractivity contribution >= 4 is 40.4 Å². The number of benzene rings is 1. The Kier molecular flexibility index (Phi) is 7.36. The van der Waals surface area contributed by atoms with Gasteiger partial charge in [0.1, 0.15) is 5.01 Å². The molecule has 0 aliphatic carbocycles. The molecule has 0 bridgehead atoms. The van der Waals surface area contributed by atoms with Crippen LogP contribution in [0.15, 0.2) is 24.3 Å². The number of aromatic nitrogens is 2. The van der Waals surface area contributed by atoms with Gasteiger partial charge in [-0.1, -0.05) is 35.9 Å². The van der Waals surface area contributed by atoms with Crippen LogP contribution in [0.1, 0.15) is 34.6 Å². The van der Waals surface area contributed by atoms with Crippen molar-refractivity contribution in [3.8, 4) is 0 Å². The van der Waals surface area contributed by atoms with Crippen LogP contribution in [0.4, 0.5) is 5.69 Å². The monoisotopic (exact) mass is 421 g/mol. The third-order valence-corrected chi connectivity index (χ3v) is 5.91. The van der Waals surface area contributed by atoms with Gasteiger partial charge in [0, 0.05) is 49.7 Å². The molecule has 0 saturated carbocycles. The number of carbonyl (C=O) groups is 2. The van der Waals surface area contributed by atoms with Gasteiger partial charge in [-0.05, 0) is 31.2 Å². The van der Waals surface area contributed by atoms with Crippen LogP contribution in [-0.2, 0) is 11.2 Å². The first-order valence-corrected chi connectivity index (χ1v) is 10.6. The lowest BCUT2D eigenvalue weighted by atomic mass is 10.2. The van der Waals surface area contributed by atoms with Crippen LogP contribution < -0.4 is 5.32 Å². The summed E-state index contributed by atoms with van der Waals surface area (Å²) in [5.74, 6) is -0.116. The molecule has 0 unspecified atom stereocenters. The van der Waals surface area contributed by atoms with E-state index in [2.05, 4.69) is 27.3 Å². The van der Waals surface area contributed by atoms with E-state index in [0.717, 1.165) is 37.7 Å². The normalized spacial score (nSPS) is 14.9. The number of likely N-dealkylation sites (N-methyl/N-ethyl adjacent to an activating group) is 1. The molecule has 1 aromatic heterocycles. The standard InChI is InChI=1S/C19H24ClN5O2S/c1-2-24-9-11-25(12-10-24)17(26)8-4-7-16-22-23-19(28-16)18(27)21-15-6-3-5-14(20)13-15/h3,5-6,13H,2,4,7-12H2,1H3,(H,21,27). The summed E-state index contributed by atoms with van der Waals surface area (Å²) in [5, 5.41) is 12.4. The molecule has 1 aromatic carbocycles. The van der Waals surface area contributed by atoms with Crippen LogP contribution in [0.2, 0.25) is 5.02 Å². The summed E-state index contributed by atoms with van der Waals surface area (Å²) in [6.07, 6.45) is 1.84. The first kappa shape index (κ1) is 20.7. The molecule has 150 valence electrons. The van der Waals surface area contributed by atoms with Gasteiger partial charge in [-0.25, -0.2) is 0 Å². The number of aryl methyl sites for hydroxylation is 1. The van der Waals surface area contributed by atoms with Crippen molar-refractivity contribution in [2.24, 2.45) is 0 Å². The fraction of sp³-hybridized carbons (Fsp3) is 0.474. The average molecular weight is 422 g/mol. The highest BCUT2D eigenvalue weighted by Crippen LogP contribution is 2.18. The lowest BCUT2D eigenvalue weighted by molar-refractivity contribution is -0.133. The molecule has 7 nitrogen and oxygen atoms in total. The SMILES string of the molecule is CCN1CCN(C(=O)CCCc2nnc(C(=O)Nc3cccc(Cl)c3)s2)CC1. The van der Waals surface area contributed by atoms with Crippen LogP contribution in [0, 0.1) is 0 Å². The second kappa shape index (κ2) is 9.95. The maximum absolute atomic E-state index is 12.3. The van der Waals surface area contributed by atoms with Crippen molar-refractivity contribution in [2.75, 3.05) is 38.0 Å². The zero-order valence-corrected chi connectivity index (χ0v) is 17.4. The number of hydrogen-bond donors (Lipinski definition) is 1. The molecule has 1 aliphatic rings. The highest BCUT2D eigenvalue weighted by atomic mass is 35.5. The van der Waals surface area contributed by atoms with E-state index in [4.69, 9.17) is 11.6 Å². The summed E-state index contributed by atoms with van der Waals surface area (Å²) in [7, 11) is 0. The van der Waals surface area contributed by atoms with Crippen molar-refractivity contribution in [1.29, 1.82) is 0 Å². The molecule has 9 heteroatoms. The molecular weight excluding hydrogens is 398 g/mol. The van der Waals surface area contributed by atoms with Crippen LogP contribution in [0.5, 0.6) is 0 Å². The third kappa shape index (κ3) is 5.73. The molecule has 1 N–H and O–H groups in total. The molecule has 0 radical (unpaired) electrons. The zero-order chi connectivity index (χ0) is 19.9. The Morgan fingerprint density at radius 3 is 2.71 bits per heavy atom. The van der Waals surface area contributed by atoms with Crippen LogP contribution >= 0.6 is 22.9 Å². The van der Waals surface area contributed by atoms with Gasteiger partial charge in [-0.15, -0.1) is 10.2 Å². The second-order valence-corrected chi connectivity index (χ2v) is 8.13. The molecular formula is C19H24ClN5O2S. The number of nitrogens with one attached hydrogen (secondary N) is 1. The van der Waals surface area contributed by atoms with Crippen LogP contribution in [0.3, 0.4) is 0 Å². The summed E-state index contributed by atoms with van der Waals surface area (Å²) in [6.45, 7) is 6.68. The fourth-order valence-electron chi connectivity index (χ4n) is 3.06. The van der Waals surface area contributed by atoms with Gasteiger partial charge in [0.25, 0.3) is 5.91 Å². The van der Waals surface area contributed by atoms with E-state index < -0.39 is 0 Å². The summed E-state index contributed by atoms with van der Waals surface area (Å²) in [6, 6.07) is 6.94. The maximum Gasteiger partial charge on any atom is 0.286 e. The minimum atomic E-state index is -0.309. The molecule has 0 atom stereocenters. The van der Waals surface area contributed by atoms with E-state index in [-0.39, 0.29) is 11.8 Å². The van der Waals surface area contributed by atoms with Crippen molar-refractivity contribution in [2.45, 2.75) is 26.2 Å². The van der Waals surface area contributed by atoms with E-state index in [1.54, 1.807) is 24.3 Å². The smallest absolute Gasteiger partial charge is 0.286 e. The largest absolute Gasteiger partial charge is 0.340 e. The van der Waals surface area contributed by atoms with Gasteiger partial charge in [0.2, 0.25) is 10.9 Å². The Hall–Kier alpha value is -2.03. The molecule has 2 amide bonds. The number of halogens is 1.